The Morgan fingerprint density at radius 1 is 1.50 bits per heavy atom. The summed E-state index contributed by atoms with van der Waals surface area (Å²) in [5.41, 5.74) is 0. The number of hydrogen-bond donors (Lipinski definition) is 0. The number of benzene rings is 1. The Labute approximate surface area is 100 Å². The van der Waals surface area contributed by atoms with Crippen LogP contribution in [0.15, 0.2) is 29.0 Å². The molecular formula is C10H9BrFN3O. The van der Waals surface area contributed by atoms with E-state index in [0.29, 0.717) is 16.0 Å². The summed E-state index contributed by atoms with van der Waals surface area (Å²) in [6.07, 6.45) is 1.44. The molecule has 6 heteroatoms. The number of hydrogen-bond acceptors (Lipinski definition) is 3. The lowest BCUT2D eigenvalue weighted by Gasteiger charge is -2.07. The number of aromatic nitrogens is 3. The first-order valence-corrected chi connectivity index (χ1v) is 5.37. The molecule has 0 unspecified atom stereocenters. The van der Waals surface area contributed by atoms with Crippen LogP contribution in [-0.4, -0.2) is 14.8 Å². The molecule has 0 aliphatic carbocycles. The molecule has 0 aliphatic rings. The number of rotatable bonds is 3. The molecule has 0 spiro atoms. The van der Waals surface area contributed by atoms with E-state index in [4.69, 9.17) is 4.74 Å². The SMILES string of the molecule is Cn1ncnc1COc1cc(F)ccc1Br. The second kappa shape index (κ2) is 4.61. The third-order valence-corrected chi connectivity index (χ3v) is 2.71. The van der Waals surface area contributed by atoms with Crippen molar-refractivity contribution in [2.75, 3.05) is 0 Å². The lowest BCUT2D eigenvalue weighted by atomic mass is 10.3. The molecule has 2 rings (SSSR count). The maximum absolute atomic E-state index is 13.0. The summed E-state index contributed by atoms with van der Waals surface area (Å²) in [5.74, 6) is 0.787. The number of aryl methyl sites for hydroxylation is 1. The lowest BCUT2D eigenvalue weighted by molar-refractivity contribution is 0.286. The molecule has 0 radical (unpaired) electrons. The van der Waals surface area contributed by atoms with Crippen LogP contribution in [0.5, 0.6) is 5.75 Å². The van der Waals surface area contributed by atoms with Gasteiger partial charge in [-0.2, -0.15) is 5.10 Å². The second-order valence-corrected chi connectivity index (χ2v) is 4.02. The van der Waals surface area contributed by atoms with Gasteiger partial charge in [0.1, 0.15) is 24.5 Å². The lowest BCUT2D eigenvalue weighted by Crippen LogP contribution is -2.04. The molecule has 0 saturated carbocycles. The predicted octanol–water partition coefficient (Wildman–Crippen LogP) is 2.30. The maximum Gasteiger partial charge on any atom is 0.164 e. The highest BCUT2D eigenvalue weighted by Crippen LogP contribution is 2.25. The van der Waals surface area contributed by atoms with Crippen molar-refractivity contribution in [1.82, 2.24) is 14.8 Å². The summed E-state index contributed by atoms with van der Waals surface area (Å²) >= 11 is 3.28. The molecule has 0 bridgehead atoms. The van der Waals surface area contributed by atoms with Gasteiger partial charge in [-0.25, -0.2) is 9.37 Å². The van der Waals surface area contributed by atoms with Crippen molar-refractivity contribution < 1.29 is 9.13 Å². The standard InChI is InChI=1S/C10H9BrFN3O/c1-15-10(13-6-14-15)5-16-9-4-7(12)2-3-8(9)11/h2-4,6H,5H2,1H3. The second-order valence-electron chi connectivity index (χ2n) is 3.16. The van der Waals surface area contributed by atoms with Crippen LogP contribution in [-0.2, 0) is 13.7 Å². The van der Waals surface area contributed by atoms with Crippen LogP contribution < -0.4 is 4.74 Å². The highest BCUT2D eigenvalue weighted by molar-refractivity contribution is 9.10. The fourth-order valence-corrected chi connectivity index (χ4v) is 1.54. The Balaban J connectivity index is 2.10. The van der Waals surface area contributed by atoms with E-state index in [1.165, 1.54) is 18.5 Å². The molecule has 1 aromatic heterocycles. The van der Waals surface area contributed by atoms with Gasteiger partial charge in [-0.3, -0.25) is 4.68 Å². The fraction of sp³-hybridized carbons (Fsp3) is 0.200. The fourth-order valence-electron chi connectivity index (χ4n) is 1.18. The molecular weight excluding hydrogens is 277 g/mol. The molecule has 0 aliphatic heterocycles. The van der Waals surface area contributed by atoms with Gasteiger partial charge in [0.2, 0.25) is 0 Å². The summed E-state index contributed by atoms with van der Waals surface area (Å²) in [4.78, 5) is 4.00. The first kappa shape index (κ1) is 11.1. The Kier molecular flexibility index (Phi) is 3.19. The first-order valence-electron chi connectivity index (χ1n) is 4.57. The van der Waals surface area contributed by atoms with Crippen molar-refractivity contribution in [3.05, 3.63) is 40.6 Å². The zero-order valence-corrected chi connectivity index (χ0v) is 10.1. The predicted molar refractivity (Wildman–Crippen MR) is 59.4 cm³/mol. The number of nitrogens with zero attached hydrogens (tertiary/aromatic N) is 3. The quantitative estimate of drug-likeness (QED) is 0.869. The molecule has 0 amide bonds. The normalized spacial score (nSPS) is 10.4. The van der Waals surface area contributed by atoms with Gasteiger partial charge in [0, 0.05) is 13.1 Å². The Morgan fingerprint density at radius 3 is 3.00 bits per heavy atom. The van der Waals surface area contributed by atoms with Crippen molar-refractivity contribution in [1.29, 1.82) is 0 Å². The largest absolute Gasteiger partial charge is 0.484 e. The third kappa shape index (κ3) is 2.38. The Bertz CT molecular complexity index is 501. The Morgan fingerprint density at radius 2 is 2.31 bits per heavy atom. The minimum Gasteiger partial charge on any atom is -0.484 e. The molecule has 1 heterocycles. The van der Waals surface area contributed by atoms with Crippen molar-refractivity contribution in [3.8, 4) is 5.75 Å². The van der Waals surface area contributed by atoms with Gasteiger partial charge in [0.15, 0.2) is 5.82 Å². The minimum atomic E-state index is -0.337. The van der Waals surface area contributed by atoms with E-state index < -0.39 is 0 Å². The maximum atomic E-state index is 13.0. The van der Waals surface area contributed by atoms with Crippen LogP contribution >= 0.6 is 15.9 Å². The van der Waals surface area contributed by atoms with E-state index in [1.807, 2.05) is 0 Å². The summed E-state index contributed by atoms with van der Waals surface area (Å²) in [6.45, 7) is 0.249. The molecule has 2 aromatic rings. The zero-order chi connectivity index (χ0) is 11.5. The molecule has 16 heavy (non-hydrogen) atoms. The van der Waals surface area contributed by atoms with Crippen molar-refractivity contribution in [2.24, 2.45) is 7.05 Å². The minimum absolute atomic E-state index is 0.249. The number of halogens is 2. The highest BCUT2D eigenvalue weighted by Gasteiger charge is 2.05. The summed E-state index contributed by atoms with van der Waals surface area (Å²) in [7, 11) is 1.77. The molecule has 0 N–H and O–H groups in total. The van der Waals surface area contributed by atoms with Crippen LogP contribution in [0.1, 0.15) is 5.82 Å². The van der Waals surface area contributed by atoms with Crippen LogP contribution in [0.25, 0.3) is 0 Å². The van der Waals surface area contributed by atoms with Crippen molar-refractivity contribution >= 4 is 15.9 Å². The van der Waals surface area contributed by atoms with E-state index in [1.54, 1.807) is 17.8 Å². The summed E-state index contributed by atoms with van der Waals surface area (Å²) in [5, 5.41) is 3.91. The molecule has 1 aromatic carbocycles. The zero-order valence-electron chi connectivity index (χ0n) is 8.52. The average Bonchev–Trinajstić information content (AvgIpc) is 2.66. The van der Waals surface area contributed by atoms with Crippen LogP contribution in [0.2, 0.25) is 0 Å². The van der Waals surface area contributed by atoms with E-state index in [2.05, 4.69) is 26.0 Å². The van der Waals surface area contributed by atoms with Crippen molar-refractivity contribution in [3.63, 3.8) is 0 Å². The molecule has 84 valence electrons. The van der Waals surface area contributed by atoms with Crippen LogP contribution in [0.4, 0.5) is 4.39 Å². The van der Waals surface area contributed by atoms with Gasteiger partial charge in [-0.05, 0) is 28.1 Å². The topological polar surface area (TPSA) is 39.9 Å². The van der Waals surface area contributed by atoms with Crippen LogP contribution in [0.3, 0.4) is 0 Å². The summed E-state index contributed by atoms with van der Waals surface area (Å²) < 4.78 is 20.7. The van der Waals surface area contributed by atoms with E-state index in [9.17, 15) is 4.39 Å². The van der Waals surface area contributed by atoms with Gasteiger partial charge < -0.3 is 4.74 Å². The van der Waals surface area contributed by atoms with E-state index in [-0.39, 0.29) is 12.4 Å². The first-order chi connectivity index (χ1) is 7.66. The van der Waals surface area contributed by atoms with Gasteiger partial charge in [-0.1, -0.05) is 0 Å². The van der Waals surface area contributed by atoms with Crippen LogP contribution in [0, 0.1) is 5.82 Å². The number of ether oxygens (including phenoxy) is 1. The van der Waals surface area contributed by atoms with Gasteiger partial charge in [0.05, 0.1) is 4.47 Å². The smallest absolute Gasteiger partial charge is 0.164 e. The van der Waals surface area contributed by atoms with E-state index in [0.717, 1.165) is 0 Å². The van der Waals surface area contributed by atoms with Gasteiger partial charge >= 0.3 is 0 Å². The average molecular weight is 286 g/mol. The third-order valence-electron chi connectivity index (χ3n) is 2.06. The molecule has 0 saturated heterocycles. The molecule has 4 nitrogen and oxygen atoms in total. The highest BCUT2D eigenvalue weighted by atomic mass is 79.9. The molecule has 0 fully saturated rings. The Hall–Kier alpha value is -1.43. The van der Waals surface area contributed by atoms with Gasteiger partial charge in [-0.15, -0.1) is 0 Å². The summed E-state index contributed by atoms with van der Waals surface area (Å²) in [6, 6.07) is 4.28. The van der Waals surface area contributed by atoms with E-state index >= 15 is 0 Å². The molecule has 0 atom stereocenters. The van der Waals surface area contributed by atoms with Gasteiger partial charge in [0.25, 0.3) is 0 Å². The monoisotopic (exact) mass is 285 g/mol. The van der Waals surface area contributed by atoms with Crippen molar-refractivity contribution in [2.45, 2.75) is 6.61 Å².